The summed E-state index contributed by atoms with van der Waals surface area (Å²) in [6, 6.07) is 10.9. The van der Waals surface area contributed by atoms with E-state index in [9.17, 15) is 0 Å². The first-order valence-corrected chi connectivity index (χ1v) is 7.64. The predicted molar refractivity (Wildman–Crippen MR) is 79.6 cm³/mol. The SMILES string of the molecule is CCSC1CCc2c(c(C)cc3ccccc23)O1. The molecule has 0 N–H and O–H groups in total. The Hall–Kier alpha value is -1.15. The molecule has 1 heterocycles. The molecule has 2 heteroatoms. The maximum absolute atomic E-state index is 6.17. The molecule has 0 bridgehead atoms. The van der Waals surface area contributed by atoms with Crippen LogP contribution in [0.1, 0.15) is 24.5 Å². The van der Waals surface area contributed by atoms with E-state index in [-0.39, 0.29) is 0 Å². The van der Waals surface area contributed by atoms with Crippen molar-refractivity contribution in [3.8, 4) is 5.75 Å². The summed E-state index contributed by atoms with van der Waals surface area (Å²) in [5.74, 6) is 2.25. The van der Waals surface area contributed by atoms with Gasteiger partial charge in [-0.05, 0) is 47.9 Å². The number of hydrogen-bond acceptors (Lipinski definition) is 2. The van der Waals surface area contributed by atoms with E-state index in [1.807, 2.05) is 11.8 Å². The van der Waals surface area contributed by atoms with Crippen molar-refractivity contribution in [3.63, 3.8) is 0 Å². The maximum atomic E-state index is 6.17. The van der Waals surface area contributed by atoms with Crippen LogP contribution in [0, 0.1) is 6.92 Å². The summed E-state index contributed by atoms with van der Waals surface area (Å²) in [5, 5.41) is 2.69. The Morgan fingerprint density at radius 3 is 3.00 bits per heavy atom. The lowest BCUT2D eigenvalue weighted by Gasteiger charge is -2.28. The molecule has 3 rings (SSSR count). The van der Waals surface area contributed by atoms with E-state index in [1.165, 1.54) is 21.9 Å². The quantitative estimate of drug-likeness (QED) is 0.781. The molecule has 94 valence electrons. The van der Waals surface area contributed by atoms with E-state index < -0.39 is 0 Å². The van der Waals surface area contributed by atoms with Gasteiger partial charge in [-0.25, -0.2) is 0 Å². The number of aryl methyl sites for hydroxylation is 2. The van der Waals surface area contributed by atoms with Gasteiger partial charge >= 0.3 is 0 Å². The van der Waals surface area contributed by atoms with E-state index in [4.69, 9.17) is 4.74 Å². The Balaban J connectivity index is 2.10. The third kappa shape index (κ3) is 1.99. The molecule has 0 aromatic heterocycles. The topological polar surface area (TPSA) is 9.23 Å². The normalized spacial score (nSPS) is 18.4. The summed E-state index contributed by atoms with van der Waals surface area (Å²) >= 11 is 1.91. The number of rotatable bonds is 2. The molecule has 0 fully saturated rings. The number of ether oxygens (including phenoxy) is 1. The molecule has 0 spiro atoms. The van der Waals surface area contributed by atoms with Gasteiger partial charge in [0.2, 0.25) is 0 Å². The Bertz CT molecular complexity index is 577. The zero-order chi connectivity index (χ0) is 12.5. The van der Waals surface area contributed by atoms with Crippen LogP contribution >= 0.6 is 11.8 Å². The average Bonchev–Trinajstić information content (AvgIpc) is 2.40. The third-order valence-electron chi connectivity index (χ3n) is 3.52. The molecule has 1 nitrogen and oxygen atoms in total. The molecular formula is C16H18OS. The highest BCUT2D eigenvalue weighted by molar-refractivity contribution is 7.99. The minimum Gasteiger partial charge on any atom is -0.479 e. The highest BCUT2D eigenvalue weighted by Gasteiger charge is 2.22. The second-order valence-electron chi connectivity index (χ2n) is 4.76. The minimum absolute atomic E-state index is 0.336. The van der Waals surface area contributed by atoms with Gasteiger partial charge in [0.25, 0.3) is 0 Å². The summed E-state index contributed by atoms with van der Waals surface area (Å²) in [7, 11) is 0. The molecule has 18 heavy (non-hydrogen) atoms. The monoisotopic (exact) mass is 258 g/mol. The van der Waals surface area contributed by atoms with Crippen molar-refractivity contribution in [3.05, 3.63) is 41.5 Å². The summed E-state index contributed by atoms with van der Waals surface area (Å²) in [4.78, 5) is 0. The van der Waals surface area contributed by atoms with Crippen LogP contribution in [0.3, 0.4) is 0 Å². The number of benzene rings is 2. The highest BCUT2D eigenvalue weighted by atomic mass is 32.2. The Kier molecular flexibility index (Phi) is 3.21. The maximum Gasteiger partial charge on any atom is 0.144 e. The smallest absolute Gasteiger partial charge is 0.144 e. The lowest BCUT2D eigenvalue weighted by molar-refractivity contribution is 0.255. The average molecular weight is 258 g/mol. The molecule has 1 unspecified atom stereocenters. The predicted octanol–water partition coefficient (Wildman–Crippen LogP) is 4.55. The van der Waals surface area contributed by atoms with E-state index in [0.717, 1.165) is 24.3 Å². The molecule has 0 amide bonds. The van der Waals surface area contributed by atoms with Crippen LogP contribution in [0.15, 0.2) is 30.3 Å². The lowest BCUT2D eigenvalue weighted by Crippen LogP contribution is -2.20. The van der Waals surface area contributed by atoms with E-state index in [1.54, 1.807) is 0 Å². The van der Waals surface area contributed by atoms with Crippen molar-refractivity contribution in [2.24, 2.45) is 0 Å². The fourth-order valence-electron chi connectivity index (χ4n) is 2.72. The molecule has 0 saturated heterocycles. The molecule has 1 aliphatic rings. The van der Waals surface area contributed by atoms with Gasteiger partial charge in [0.1, 0.15) is 11.2 Å². The van der Waals surface area contributed by atoms with Gasteiger partial charge < -0.3 is 4.74 Å². The van der Waals surface area contributed by atoms with Gasteiger partial charge in [0.15, 0.2) is 0 Å². The molecule has 2 aromatic carbocycles. The molecule has 2 aromatic rings. The first-order chi connectivity index (χ1) is 8.79. The fourth-order valence-corrected chi connectivity index (χ4v) is 3.55. The van der Waals surface area contributed by atoms with Gasteiger partial charge in [-0.3, -0.25) is 0 Å². The van der Waals surface area contributed by atoms with E-state index >= 15 is 0 Å². The summed E-state index contributed by atoms with van der Waals surface area (Å²) in [6.07, 6.45) is 2.26. The van der Waals surface area contributed by atoms with Crippen molar-refractivity contribution in [2.75, 3.05) is 5.75 Å². The van der Waals surface area contributed by atoms with Crippen LogP contribution in [0.5, 0.6) is 5.75 Å². The van der Waals surface area contributed by atoms with Gasteiger partial charge in [-0.1, -0.05) is 31.2 Å². The van der Waals surface area contributed by atoms with Crippen LogP contribution in [0.25, 0.3) is 10.8 Å². The van der Waals surface area contributed by atoms with Gasteiger partial charge in [-0.15, -0.1) is 11.8 Å². The third-order valence-corrected chi connectivity index (χ3v) is 4.56. The molecule has 0 radical (unpaired) electrons. The lowest BCUT2D eigenvalue weighted by atomic mass is 9.95. The second-order valence-corrected chi connectivity index (χ2v) is 6.20. The largest absolute Gasteiger partial charge is 0.479 e. The van der Waals surface area contributed by atoms with Crippen molar-refractivity contribution in [1.29, 1.82) is 0 Å². The van der Waals surface area contributed by atoms with Crippen LogP contribution < -0.4 is 4.74 Å². The molecule has 0 saturated carbocycles. The van der Waals surface area contributed by atoms with Crippen molar-refractivity contribution in [1.82, 2.24) is 0 Å². The van der Waals surface area contributed by atoms with E-state index in [2.05, 4.69) is 44.2 Å². The second kappa shape index (κ2) is 4.85. The standard InChI is InChI=1S/C16H18OS/c1-3-18-15-9-8-14-13-7-5-4-6-12(13)10-11(2)16(14)17-15/h4-7,10,15H,3,8-9H2,1-2H3. The summed E-state index contributed by atoms with van der Waals surface area (Å²) < 4.78 is 6.17. The zero-order valence-corrected chi connectivity index (χ0v) is 11.7. The van der Waals surface area contributed by atoms with Gasteiger partial charge in [-0.2, -0.15) is 0 Å². The summed E-state index contributed by atoms with van der Waals surface area (Å²) in [5.41, 5.74) is 3.01. The minimum atomic E-state index is 0.336. The van der Waals surface area contributed by atoms with Crippen LogP contribution in [0.2, 0.25) is 0 Å². The van der Waals surface area contributed by atoms with E-state index in [0.29, 0.717) is 5.44 Å². The van der Waals surface area contributed by atoms with Gasteiger partial charge in [0.05, 0.1) is 0 Å². The zero-order valence-electron chi connectivity index (χ0n) is 10.9. The summed E-state index contributed by atoms with van der Waals surface area (Å²) in [6.45, 7) is 4.35. The number of fused-ring (bicyclic) bond motifs is 3. The number of thioether (sulfide) groups is 1. The molecular weight excluding hydrogens is 240 g/mol. The Morgan fingerprint density at radius 2 is 2.17 bits per heavy atom. The van der Waals surface area contributed by atoms with Crippen molar-refractivity contribution >= 4 is 22.5 Å². The van der Waals surface area contributed by atoms with Crippen LogP contribution in [0.4, 0.5) is 0 Å². The number of hydrogen-bond donors (Lipinski definition) is 0. The fraction of sp³-hybridized carbons (Fsp3) is 0.375. The molecule has 1 aliphatic heterocycles. The Morgan fingerprint density at radius 1 is 1.33 bits per heavy atom. The van der Waals surface area contributed by atoms with Crippen LogP contribution in [-0.2, 0) is 6.42 Å². The Labute approximate surface area is 113 Å². The molecule has 0 aliphatic carbocycles. The highest BCUT2D eigenvalue weighted by Crippen LogP contribution is 2.39. The first kappa shape index (κ1) is 11.9. The van der Waals surface area contributed by atoms with Crippen molar-refractivity contribution in [2.45, 2.75) is 32.1 Å². The first-order valence-electron chi connectivity index (χ1n) is 6.59. The van der Waals surface area contributed by atoms with Gasteiger partial charge in [0, 0.05) is 5.56 Å². The molecule has 1 atom stereocenters. The van der Waals surface area contributed by atoms with Crippen molar-refractivity contribution < 1.29 is 4.74 Å². The van der Waals surface area contributed by atoms with Crippen LogP contribution in [-0.4, -0.2) is 11.2 Å².